The molecule has 1 aliphatic rings. The van der Waals surface area contributed by atoms with Gasteiger partial charge in [0.05, 0.1) is 6.61 Å². The molecule has 0 aromatic heterocycles. The highest BCUT2D eigenvalue weighted by Crippen LogP contribution is 1.99. The van der Waals surface area contributed by atoms with Crippen LogP contribution in [0, 0.1) is 0 Å². The summed E-state index contributed by atoms with van der Waals surface area (Å²) in [7, 11) is 1.70. The first-order chi connectivity index (χ1) is 4.83. The Morgan fingerprint density at radius 3 is 3.30 bits per heavy atom. The Morgan fingerprint density at radius 1 is 1.90 bits per heavy atom. The average Bonchev–Trinajstić information content (AvgIpc) is 1.88. The van der Waals surface area contributed by atoms with E-state index in [1.54, 1.807) is 7.11 Å². The second kappa shape index (κ2) is 3.71. The maximum Gasteiger partial charge on any atom is 0.0685 e. The molecule has 0 spiro atoms. The van der Waals surface area contributed by atoms with E-state index in [0.717, 1.165) is 13.1 Å². The molecule has 0 bridgehead atoms. The van der Waals surface area contributed by atoms with Crippen LogP contribution >= 0.6 is 0 Å². The summed E-state index contributed by atoms with van der Waals surface area (Å²) in [5, 5.41) is 3.20. The molecule has 0 fully saturated rings. The molecule has 1 heterocycles. The van der Waals surface area contributed by atoms with Crippen LogP contribution in [0.4, 0.5) is 0 Å². The molecule has 3 N–H and O–H groups in total. The zero-order valence-electron chi connectivity index (χ0n) is 6.26. The third-order valence-electron chi connectivity index (χ3n) is 1.51. The second-order valence-electron chi connectivity index (χ2n) is 2.55. The SMILES string of the molecule is COCC1=CC(N)CNC1. The predicted octanol–water partition coefficient (Wildman–Crippen LogP) is -0.510. The lowest BCUT2D eigenvalue weighted by Gasteiger charge is -2.18. The van der Waals surface area contributed by atoms with E-state index in [2.05, 4.69) is 11.4 Å². The Balaban J connectivity index is 2.41. The molecule has 0 saturated heterocycles. The van der Waals surface area contributed by atoms with Gasteiger partial charge in [-0.1, -0.05) is 6.08 Å². The van der Waals surface area contributed by atoms with Crippen LogP contribution in [0.5, 0.6) is 0 Å². The van der Waals surface area contributed by atoms with Crippen LogP contribution in [0.3, 0.4) is 0 Å². The maximum absolute atomic E-state index is 5.66. The van der Waals surface area contributed by atoms with Gasteiger partial charge in [0.15, 0.2) is 0 Å². The zero-order chi connectivity index (χ0) is 7.40. The largest absolute Gasteiger partial charge is 0.380 e. The second-order valence-corrected chi connectivity index (χ2v) is 2.55. The molecule has 1 rings (SSSR count). The van der Waals surface area contributed by atoms with Gasteiger partial charge in [0.1, 0.15) is 0 Å². The topological polar surface area (TPSA) is 47.3 Å². The van der Waals surface area contributed by atoms with E-state index >= 15 is 0 Å². The van der Waals surface area contributed by atoms with Crippen LogP contribution in [-0.2, 0) is 4.74 Å². The molecule has 0 radical (unpaired) electrons. The van der Waals surface area contributed by atoms with E-state index in [4.69, 9.17) is 10.5 Å². The van der Waals surface area contributed by atoms with Gasteiger partial charge in [-0.2, -0.15) is 0 Å². The predicted molar refractivity (Wildman–Crippen MR) is 40.8 cm³/mol. The van der Waals surface area contributed by atoms with Crippen molar-refractivity contribution in [2.45, 2.75) is 6.04 Å². The fraction of sp³-hybridized carbons (Fsp3) is 0.714. The summed E-state index contributed by atoms with van der Waals surface area (Å²) in [4.78, 5) is 0. The molecule has 1 atom stereocenters. The van der Waals surface area contributed by atoms with Crippen molar-refractivity contribution in [3.8, 4) is 0 Å². The summed E-state index contributed by atoms with van der Waals surface area (Å²) in [6.45, 7) is 2.50. The average molecular weight is 142 g/mol. The van der Waals surface area contributed by atoms with E-state index in [1.807, 2.05) is 0 Å². The highest BCUT2D eigenvalue weighted by atomic mass is 16.5. The summed E-state index contributed by atoms with van der Waals surface area (Å²) in [5.74, 6) is 0. The first-order valence-corrected chi connectivity index (χ1v) is 3.47. The Kier molecular flexibility index (Phi) is 2.86. The molecule has 1 aliphatic heterocycles. The van der Waals surface area contributed by atoms with Crippen LogP contribution in [0.1, 0.15) is 0 Å². The molecule has 10 heavy (non-hydrogen) atoms. The van der Waals surface area contributed by atoms with Crippen LogP contribution in [0.15, 0.2) is 11.6 Å². The van der Waals surface area contributed by atoms with Gasteiger partial charge in [0.25, 0.3) is 0 Å². The molecular weight excluding hydrogens is 128 g/mol. The van der Waals surface area contributed by atoms with Crippen LogP contribution in [0.2, 0.25) is 0 Å². The molecule has 0 aromatic rings. The number of methoxy groups -OCH3 is 1. The van der Waals surface area contributed by atoms with Crippen molar-refractivity contribution >= 4 is 0 Å². The minimum atomic E-state index is 0.166. The fourth-order valence-corrected chi connectivity index (χ4v) is 1.10. The third-order valence-corrected chi connectivity index (χ3v) is 1.51. The lowest BCUT2D eigenvalue weighted by atomic mass is 10.1. The smallest absolute Gasteiger partial charge is 0.0685 e. The van der Waals surface area contributed by atoms with Gasteiger partial charge >= 0.3 is 0 Å². The van der Waals surface area contributed by atoms with Crippen LogP contribution in [0.25, 0.3) is 0 Å². The first kappa shape index (κ1) is 7.72. The Labute approximate surface area is 61.2 Å². The minimum Gasteiger partial charge on any atom is -0.380 e. The van der Waals surface area contributed by atoms with E-state index in [0.29, 0.717) is 6.61 Å². The highest BCUT2D eigenvalue weighted by Gasteiger charge is 2.07. The molecule has 3 nitrogen and oxygen atoms in total. The molecular formula is C7H14N2O. The van der Waals surface area contributed by atoms with Crippen molar-refractivity contribution in [3.63, 3.8) is 0 Å². The lowest BCUT2D eigenvalue weighted by Crippen LogP contribution is -2.38. The van der Waals surface area contributed by atoms with E-state index in [9.17, 15) is 0 Å². The van der Waals surface area contributed by atoms with E-state index in [-0.39, 0.29) is 6.04 Å². The molecule has 0 saturated carbocycles. The number of nitrogens with one attached hydrogen (secondary N) is 1. The van der Waals surface area contributed by atoms with Gasteiger partial charge in [-0.05, 0) is 5.57 Å². The normalized spacial score (nSPS) is 26.2. The molecule has 0 amide bonds. The van der Waals surface area contributed by atoms with Gasteiger partial charge in [0.2, 0.25) is 0 Å². The number of hydrogen-bond acceptors (Lipinski definition) is 3. The van der Waals surface area contributed by atoms with Crippen LogP contribution < -0.4 is 11.1 Å². The molecule has 1 unspecified atom stereocenters. The molecule has 3 heteroatoms. The third kappa shape index (κ3) is 2.10. The van der Waals surface area contributed by atoms with Crippen molar-refractivity contribution in [1.29, 1.82) is 0 Å². The summed E-state index contributed by atoms with van der Waals surface area (Å²) < 4.78 is 4.97. The summed E-state index contributed by atoms with van der Waals surface area (Å²) >= 11 is 0. The quantitative estimate of drug-likeness (QED) is 0.510. The standard InChI is InChI=1S/C7H14N2O/c1-10-5-6-2-7(8)4-9-3-6/h2,7,9H,3-5,8H2,1H3. The van der Waals surface area contributed by atoms with Crippen molar-refractivity contribution in [2.24, 2.45) is 5.73 Å². The van der Waals surface area contributed by atoms with Crippen molar-refractivity contribution in [2.75, 3.05) is 26.8 Å². The van der Waals surface area contributed by atoms with Crippen LogP contribution in [-0.4, -0.2) is 32.8 Å². The van der Waals surface area contributed by atoms with E-state index in [1.165, 1.54) is 5.57 Å². The van der Waals surface area contributed by atoms with Gasteiger partial charge in [-0.25, -0.2) is 0 Å². The molecule has 0 aliphatic carbocycles. The monoisotopic (exact) mass is 142 g/mol. The van der Waals surface area contributed by atoms with Gasteiger partial charge < -0.3 is 15.8 Å². The summed E-state index contributed by atoms with van der Waals surface area (Å²) in [5.41, 5.74) is 6.91. The molecule has 0 aromatic carbocycles. The Hall–Kier alpha value is -0.380. The molecule has 58 valence electrons. The van der Waals surface area contributed by atoms with Crippen molar-refractivity contribution in [3.05, 3.63) is 11.6 Å². The Bertz CT molecular complexity index is 134. The highest BCUT2D eigenvalue weighted by molar-refractivity contribution is 5.12. The first-order valence-electron chi connectivity index (χ1n) is 3.47. The minimum absolute atomic E-state index is 0.166. The van der Waals surface area contributed by atoms with Crippen molar-refractivity contribution < 1.29 is 4.74 Å². The van der Waals surface area contributed by atoms with Gasteiger partial charge in [-0.15, -0.1) is 0 Å². The van der Waals surface area contributed by atoms with Crippen molar-refractivity contribution in [1.82, 2.24) is 5.32 Å². The summed E-state index contributed by atoms with van der Waals surface area (Å²) in [6.07, 6.45) is 2.07. The Morgan fingerprint density at radius 2 is 2.70 bits per heavy atom. The van der Waals surface area contributed by atoms with Gasteiger partial charge in [0, 0.05) is 26.2 Å². The number of rotatable bonds is 2. The number of nitrogens with two attached hydrogens (primary N) is 1. The summed E-state index contributed by atoms with van der Waals surface area (Å²) in [6, 6.07) is 0.166. The zero-order valence-corrected chi connectivity index (χ0v) is 6.26. The van der Waals surface area contributed by atoms with Gasteiger partial charge in [-0.3, -0.25) is 0 Å². The number of hydrogen-bond donors (Lipinski definition) is 2. The maximum atomic E-state index is 5.66. The van der Waals surface area contributed by atoms with E-state index < -0.39 is 0 Å². The lowest BCUT2D eigenvalue weighted by molar-refractivity contribution is 0.222. The fourth-order valence-electron chi connectivity index (χ4n) is 1.10. The number of ether oxygens (including phenoxy) is 1.